The monoisotopic (exact) mass is 269 g/mol. The topological polar surface area (TPSA) is 26.0 Å². The smallest absolute Gasteiger partial charge is 0.148 e. The van der Waals surface area contributed by atoms with Crippen LogP contribution in [-0.2, 0) is 0 Å². The van der Waals surface area contributed by atoms with Crippen molar-refractivity contribution in [3.63, 3.8) is 0 Å². The first kappa shape index (κ1) is 10.4. The van der Waals surface area contributed by atoms with Crippen LogP contribution in [0.25, 0.3) is 11.3 Å². The molecule has 15 heavy (non-hydrogen) atoms. The van der Waals surface area contributed by atoms with E-state index in [4.69, 9.17) is 4.52 Å². The maximum atomic E-state index is 13.5. The van der Waals surface area contributed by atoms with Crippen molar-refractivity contribution in [2.24, 2.45) is 0 Å². The lowest BCUT2D eigenvalue weighted by Crippen LogP contribution is -1.86. The van der Waals surface area contributed by atoms with E-state index < -0.39 is 0 Å². The summed E-state index contributed by atoms with van der Waals surface area (Å²) in [5, 5.41) is 3.83. The second-order valence-electron chi connectivity index (χ2n) is 3.38. The lowest BCUT2D eigenvalue weighted by Gasteiger charge is -2.00. The van der Waals surface area contributed by atoms with Gasteiger partial charge in [-0.2, -0.15) is 0 Å². The third-order valence-corrected chi connectivity index (χ3v) is 3.10. The maximum absolute atomic E-state index is 13.5. The van der Waals surface area contributed by atoms with E-state index in [2.05, 4.69) is 21.1 Å². The summed E-state index contributed by atoms with van der Waals surface area (Å²) in [5.74, 6) is 0.348. The first-order valence-corrected chi connectivity index (χ1v) is 5.27. The Labute approximate surface area is 95.2 Å². The Morgan fingerprint density at radius 2 is 2.07 bits per heavy atom. The minimum atomic E-state index is -0.297. The van der Waals surface area contributed by atoms with Gasteiger partial charge < -0.3 is 4.52 Å². The largest absolute Gasteiger partial charge is 0.360 e. The third-order valence-electron chi connectivity index (χ3n) is 2.17. The van der Waals surface area contributed by atoms with E-state index in [0.717, 1.165) is 5.56 Å². The molecule has 2 nitrogen and oxygen atoms in total. The molecule has 1 heterocycles. The highest BCUT2D eigenvalue weighted by molar-refractivity contribution is 9.10. The summed E-state index contributed by atoms with van der Waals surface area (Å²) >= 11 is 3.32. The third kappa shape index (κ3) is 1.81. The molecule has 0 bridgehead atoms. The zero-order valence-corrected chi connectivity index (χ0v) is 9.93. The standard InChI is InChI=1S/C11H9BrFNO/c1-6-3-4-9(13)8(5-6)11-10(12)7(2)15-14-11/h3-5H,1-2H3. The summed E-state index contributed by atoms with van der Waals surface area (Å²) in [6.07, 6.45) is 0. The highest BCUT2D eigenvalue weighted by atomic mass is 79.9. The molecule has 1 aromatic heterocycles. The van der Waals surface area contributed by atoms with Crippen LogP contribution >= 0.6 is 15.9 Å². The molecular weight excluding hydrogens is 261 g/mol. The Balaban J connectivity index is 2.63. The summed E-state index contributed by atoms with van der Waals surface area (Å²) in [6.45, 7) is 3.68. The molecule has 0 radical (unpaired) electrons. The van der Waals surface area contributed by atoms with Gasteiger partial charge in [-0.25, -0.2) is 4.39 Å². The molecule has 0 aliphatic rings. The minimum absolute atomic E-state index is 0.297. The van der Waals surface area contributed by atoms with E-state index in [1.807, 2.05) is 6.92 Å². The molecule has 2 rings (SSSR count). The van der Waals surface area contributed by atoms with Crippen LogP contribution in [0.2, 0.25) is 0 Å². The van der Waals surface area contributed by atoms with Crippen molar-refractivity contribution in [1.82, 2.24) is 5.16 Å². The minimum Gasteiger partial charge on any atom is -0.360 e. The molecule has 0 saturated heterocycles. The van der Waals surface area contributed by atoms with Crippen molar-refractivity contribution >= 4 is 15.9 Å². The molecule has 0 unspecified atom stereocenters. The second-order valence-corrected chi connectivity index (χ2v) is 4.18. The van der Waals surface area contributed by atoms with Crippen molar-refractivity contribution in [3.05, 3.63) is 39.8 Å². The summed E-state index contributed by atoms with van der Waals surface area (Å²) in [4.78, 5) is 0. The normalized spacial score (nSPS) is 10.7. The number of rotatable bonds is 1. The number of aromatic nitrogens is 1. The average Bonchev–Trinajstić information content (AvgIpc) is 2.52. The Hall–Kier alpha value is -1.16. The van der Waals surface area contributed by atoms with Gasteiger partial charge in [-0.3, -0.25) is 0 Å². The lowest BCUT2D eigenvalue weighted by atomic mass is 10.1. The van der Waals surface area contributed by atoms with Gasteiger partial charge in [0.1, 0.15) is 17.3 Å². The first-order chi connectivity index (χ1) is 7.09. The van der Waals surface area contributed by atoms with Crippen LogP contribution in [-0.4, -0.2) is 5.16 Å². The fourth-order valence-corrected chi connectivity index (χ4v) is 1.71. The highest BCUT2D eigenvalue weighted by Crippen LogP contribution is 2.31. The van der Waals surface area contributed by atoms with Crippen molar-refractivity contribution in [3.8, 4) is 11.3 Å². The summed E-state index contributed by atoms with van der Waals surface area (Å²) < 4.78 is 19.2. The summed E-state index contributed by atoms with van der Waals surface area (Å²) in [6, 6.07) is 4.90. The van der Waals surface area contributed by atoms with E-state index in [9.17, 15) is 4.39 Å². The van der Waals surface area contributed by atoms with Crippen LogP contribution in [0.1, 0.15) is 11.3 Å². The number of hydrogen-bond acceptors (Lipinski definition) is 2. The summed E-state index contributed by atoms with van der Waals surface area (Å²) in [7, 11) is 0. The van der Waals surface area contributed by atoms with E-state index in [1.165, 1.54) is 6.07 Å². The number of halogens is 2. The van der Waals surface area contributed by atoms with Crippen molar-refractivity contribution in [2.45, 2.75) is 13.8 Å². The molecular formula is C11H9BrFNO. The molecule has 1 aromatic carbocycles. The van der Waals surface area contributed by atoms with E-state index in [0.29, 0.717) is 21.5 Å². The highest BCUT2D eigenvalue weighted by Gasteiger charge is 2.15. The van der Waals surface area contributed by atoms with Gasteiger partial charge in [0.2, 0.25) is 0 Å². The van der Waals surface area contributed by atoms with Crippen LogP contribution in [0.5, 0.6) is 0 Å². The zero-order valence-electron chi connectivity index (χ0n) is 8.34. The first-order valence-electron chi connectivity index (χ1n) is 4.48. The number of nitrogens with zero attached hydrogens (tertiary/aromatic N) is 1. The van der Waals surface area contributed by atoms with Crippen LogP contribution in [0.3, 0.4) is 0 Å². The van der Waals surface area contributed by atoms with Crippen LogP contribution < -0.4 is 0 Å². The molecule has 0 aliphatic carbocycles. The second kappa shape index (κ2) is 3.77. The van der Waals surface area contributed by atoms with Crippen molar-refractivity contribution in [2.75, 3.05) is 0 Å². The molecule has 0 saturated carbocycles. The Kier molecular flexibility index (Phi) is 2.61. The predicted octanol–water partition coefficient (Wildman–Crippen LogP) is 3.86. The number of aryl methyl sites for hydroxylation is 2. The Morgan fingerprint density at radius 3 is 2.67 bits per heavy atom. The van der Waals surface area contributed by atoms with Gasteiger partial charge in [0, 0.05) is 5.56 Å². The average molecular weight is 270 g/mol. The number of hydrogen-bond donors (Lipinski definition) is 0. The SMILES string of the molecule is Cc1ccc(F)c(-c2noc(C)c2Br)c1. The Bertz CT molecular complexity index is 507. The van der Waals surface area contributed by atoms with E-state index >= 15 is 0 Å². The van der Waals surface area contributed by atoms with Crippen LogP contribution in [0, 0.1) is 19.7 Å². The van der Waals surface area contributed by atoms with Crippen LogP contribution in [0.4, 0.5) is 4.39 Å². The molecule has 2 aromatic rings. The number of benzene rings is 1. The summed E-state index contributed by atoms with van der Waals surface area (Å²) in [5.41, 5.74) is 1.95. The van der Waals surface area contributed by atoms with Crippen molar-refractivity contribution < 1.29 is 8.91 Å². The fourth-order valence-electron chi connectivity index (χ4n) is 1.35. The van der Waals surface area contributed by atoms with E-state index in [-0.39, 0.29) is 5.82 Å². The Morgan fingerprint density at radius 1 is 1.33 bits per heavy atom. The van der Waals surface area contributed by atoms with Crippen LogP contribution in [0.15, 0.2) is 27.2 Å². The molecule has 0 spiro atoms. The molecule has 78 valence electrons. The molecule has 0 fully saturated rings. The molecule has 0 N–H and O–H groups in total. The van der Waals surface area contributed by atoms with Gasteiger partial charge in [-0.15, -0.1) is 0 Å². The fraction of sp³-hybridized carbons (Fsp3) is 0.182. The molecule has 0 amide bonds. The molecule has 4 heteroatoms. The van der Waals surface area contributed by atoms with Gasteiger partial charge in [0.15, 0.2) is 0 Å². The van der Waals surface area contributed by atoms with Gasteiger partial charge >= 0.3 is 0 Å². The molecule has 0 aliphatic heterocycles. The molecule has 0 atom stereocenters. The maximum Gasteiger partial charge on any atom is 0.148 e. The van der Waals surface area contributed by atoms with Gasteiger partial charge in [0.25, 0.3) is 0 Å². The quantitative estimate of drug-likeness (QED) is 0.786. The zero-order chi connectivity index (χ0) is 11.0. The van der Waals surface area contributed by atoms with Gasteiger partial charge in [-0.1, -0.05) is 16.8 Å². The van der Waals surface area contributed by atoms with Crippen molar-refractivity contribution in [1.29, 1.82) is 0 Å². The predicted molar refractivity (Wildman–Crippen MR) is 59.1 cm³/mol. The van der Waals surface area contributed by atoms with Gasteiger partial charge in [-0.05, 0) is 41.9 Å². The van der Waals surface area contributed by atoms with Gasteiger partial charge in [0.05, 0.1) is 4.47 Å². The van der Waals surface area contributed by atoms with E-state index in [1.54, 1.807) is 19.1 Å². The lowest BCUT2D eigenvalue weighted by molar-refractivity contribution is 0.398.